The molecule has 0 saturated heterocycles. The highest BCUT2D eigenvalue weighted by Gasteiger charge is 2.10. The fourth-order valence-corrected chi connectivity index (χ4v) is 2.88. The average molecular weight is 285 g/mol. The minimum Gasteiger partial charge on any atom is -0.497 e. The summed E-state index contributed by atoms with van der Waals surface area (Å²) in [7, 11) is 1.63. The van der Waals surface area contributed by atoms with E-state index in [2.05, 4.69) is 6.07 Å². The minimum absolute atomic E-state index is 0.566. The van der Waals surface area contributed by atoms with E-state index in [1.54, 1.807) is 32.2 Å². The molecule has 0 fully saturated rings. The van der Waals surface area contributed by atoms with Gasteiger partial charge in [0.15, 0.2) is 0 Å². The van der Waals surface area contributed by atoms with Gasteiger partial charge in [-0.1, -0.05) is 17.8 Å². The van der Waals surface area contributed by atoms with Crippen molar-refractivity contribution in [2.24, 2.45) is 0 Å². The van der Waals surface area contributed by atoms with Gasteiger partial charge < -0.3 is 9.84 Å². The number of nitrogens with zero attached hydrogens (tertiary/aromatic N) is 1. The molecule has 4 heteroatoms. The topological polar surface area (TPSA) is 53.2 Å². The van der Waals surface area contributed by atoms with Gasteiger partial charge in [-0.3, -0.25) is 0 Å². The van der Waals surface area contributed by atoms with Crippen molar-refractivity contribution < 1.29 is 9.84 Å². The van der Waals surface area contributed by atoms with Crippen molar-refractivity contribution in [1.82, 2.24) is 0 Å². The van der Waals surface area contributed by atoms with E-state index in [1.807, 2.05) is 24.3 Å². The van der Waals surface area contributed by atoms with Gasteiger partial charge in [0.05, 0.1) is 24.8 Å². The molecule has 1 unspecified atom stereocenters. The summed E-state index contributed by atoms with van der Waals surface area (Å²) in [4.78, 5) is 1.92. The Morgan fingerprint density at radius 2 is 1.90 bits per heavy atom. The predicted molar refractivity (Wildman–Crippen MR) is 78.9 cm³/mol. The molecule has 0 amide bonds. The summed E-state index contributed by atoms with van der Waals surface area (Å²) in [6.45, 7) is 1.72. The van der Waals surface area contributed by atoms with Crippen molar-refractivity contribution in [3.05, 3.63) is 53.6 Å². The van der Waals surface area contributed by atoms with Gasteiger partial charge in [-0.15, -0.1) is 0 Å². The third-order valence-electron chi connectivity index (χ3n) is 2.88. The highest BCUT2D eigenvalue weighted by molar-refractivity contribution is 7.99. The monoisotopic (exact) mass is 285 g/mol. The molecule has 0 bridgehead atoms. The van der Waals surface area contributed by atoms with Gasteiger partial charge in [-0.25, -0.2) is 0 Å². The first-order valence-corrected chi connectivity index (χ1v) is 6.99. The van der Waals surface area contributed by atoms with Gasteiger partial charge in [0, 0.05) is 9.79 Å². The standard InChI is InChI=1S/C16H15NO2S/c1-11(18)15-8-3-12(10-17)9-16(15)20-14-6-4-13(19-2)5-7-14/h3-9,11,18H,1-2H3. The van der Waals surface area contributed by atoms with Crippen molar-refractivity contribution in [2.75, 3.05) is 7.11 Å². The van der Waals surface area contributed by atoms with Gasteiger partial charge >= 0.3 is 0 Å². The lowest BCUT2D eigenvalue weighted by Crippen LogP contribution is -1.94. The molecule has 2 aromatic rings. The summed E-state index contributed by atoms with van der Waals surface area (Å²) in [6.07, 6.45) is -0.566. The first-order valence-electron chi connectivity index (χ1n) is 6.18. The van der Waals surface area contributed by atoms with Crippen LogP contribution in [0.15, 0.2) is 52.3 Å². The first kappa shape index (κ1) is 14.4. The van der Waals surface area contributed by atoms with Crippen LogP contribution in [0.4, 0.5) is 0 Å². The molecule has 0 aliphatic heterocycles. The van der Waals surface area contributed by atoms with Crippen LogP contribution in [-0.4, -0.2) is 12.2 Å². The van der Waals surface area contributed by atoms with Gasteiger partial charge in [0.2, 0.25) is 0 Å². The lowest BCUT2D eigenvalue weighted by atomic mass is 10.1. The van der Waals surface area contributed by atoms with Gasteiger partial charge in [-0.05, 0) is 48.9 Å². The van der Waals surface area contributed by atoms with Crippen molar-refractivity contribution in [3.63, 3.8) is 0 Å². The second kappa shape index (κ2) is 6.47. The minimum atomic E-state index is -0.566. The number of aliphatic hydroxyl groups excluding tert-OH is 1. The molecule has 0 aliphatic rings. The van der Waals surface area contributed by atoms with Crippen LogP contribution in [-0.2, 0) is 0 Å². The number of benzene rings is 2. The SMILES string of the molecule is COc1ccc(Sc2cc(C#N)ccc2C(C)O)cc1. The smallest absolute Gasteiger partial charge is 0.118 e. The molecule has 0 aromatic heterocycles. The van der Waals surface area contributed by atoms with Crippen molar-refractivity contribution in [3.8, 4) is 11.8 Å². The number of rotatable bonds is 4. The number of hydrogen-bond donors (Lipinski definition) is 1. The Kier molecular flexibility index (Phi) is 4.67. The van der Waals surface area contributed by atoms with E-state index in [4.69, 9.17) is 10.00 Å². The predicted octanol–water partition coefficient (Wildman–Crippen LogP) is 3.77. The zero-order valence-corrected chi connectivity index (χ0v) is 12.1. The number of ether oxygens (including phenoxy) is 1. The molecule has 1 N–H and O–H groups in total. The van der Waals surface area contributed by atoms with Crippen LogP contribution in [0, 0.1) is 11.3 Å². The second-order valence-corrected chi connectivity index (χ2v) is 5.43. The van der Waals surface area contributed by atoms with Crippen molar-refractivity contribution in [1.29, 1.82) is 5.26 Å². The highest BCUT2D eigenvalue weighted by atomic mass is 32.2. The van der Waals surface area contributed by atoms with E-state index in [1.165, 1.54) is 11.8 Å². The Morgan fingerprint density at radius 1 is 1.20 bits per heavy atom. The third-order valence-corrected chi connectivity index (χ3v) is 3.96. The largest absolute Gasteiger partial charge is 0.497 e. The molecule has 0 aliphatic carbocycles. The number of methoxy groups -OCH3 is 1. The van der Waals surface area contributed by atoms with Gasteiger partial charge in [-0.2, -0.15) is 5.26 Å². The average Bonchev–Trinajstić information content (AvgIpc) is 2.47. The fourth-order valence-electron chi connectivity index (χ4n) is 1.81. The summed E-state index contributed by atoms with van der Waals surface area (Å²) in [5.74, 6) is 0.802. The molecule has 102 valence electrons. The maximum atomic E-state index is 9.81. The van der Waals surface area contributed by atoms with Gasteiger partial charge in [0.1, 0.15) is 5.75 Å². The highest BCUT2D eigenvalue weighted by Crippen LogP contribution is 2.34. The van der Waals surface area contributed by atoms with Crippen LogP contribution < -0.4 is 4.74 Å². The Bertz CT molecular complexity index is 630. The molecule has 0 heterocycles. The zero-order chi connectivity index (χ0) is 14.5. The summed E-state index contributed by atoms with van der Waals surface area (Å²) in [6, 6.07) is 15.1. The normalized spacial score (nSPS) is 11.7. The molecule has 2 aromatic carbocycles. The number of aliphatic hydroxyl groups is 1. The molecule has 0 radical (unpaired) electrons. The van der Waals surface area contributed by atoms with Crippen LogP contribution in [0.25, 0.3) is 0 Å². The second-order valence-electron chi connectivity index (χ2n) is 4.32. The molecular formula is C16H15NO2S. The first-order chi connectivity index (χ1) is 9.63. The summed E-state index contributed by atoms with van der Waals surface area (Å²) >= 11 is 1.52. The fraction of sp³-hybridized carbons (Fsp3) is 0.188. The molecule has 20 heavy (non-hydrogen) atoms. The van der Waals surface area contributed by atoms with Crippen molar-refractivity contribution >= 4 is 11.8 Å². The maximum absolute atomic E-state index is 9.81. The molecular weight excluding hydrogens is 270 g/mol. The Labute approximate surface area is 122 Å². The van der Waals surface area contributed by atoms with E-state index in [0.29, 0.717) is 5.56 Å². The molecule has 1 atom stereocenters. The molecule has 2 rings (SSSR count). The molecule has 0 saturated carbocycles. The Balaban J connectivity index is 2.33. The number of nitriles is 1. The quantitative estimate of drug-likeness (QED) is 0.929. The molecule has 3 nitrogen and oxygen atoms in total. The zero-order valence-electron chi connectivity index (χ0n) is 11.3. The van der Waals surface area contributed by atoms with E-state index in [9.17, 15) is 5.11 Å². The summed E-state index contributed by atoms with van der Waals surface area (Å²) < 4.78 is 5.13. The summed E-state index contributed by atoms with van der Waals surface area (Å²) in [5, 5.41) is 18.8. The van der Waals surface area contributed by atoms with E-state index in [0.717, 1.165) is 21.1 Å². The van der Waals surface area contributed by atoms with Crippen LogP contribution >= 0.6 is 11.8 Å². The van der Waals surface area contributed by atoms with Crippen molar-refractivity contribution in [2.45, 2.75) is 22.8 Å². The Hall–Kier alpha value is -1.96. The maximum Gasteiger partial charge on any atom is 0.118 e. The summed E-state index contributed by atoms with van der Waals surface area (Å²) in [5.41, 5.74) is 1.41. The van der Waals surface area contributed by atoms with Crippen LogP contribution in [0.1, 0.15) is 24.2 Å². The lowest BCUT2D eigenvalue weighted by Gasteiger charge is -2.12. The molecule has 0 spiro atoms. The third kappa shape index (κ3) is 3.32. The van der Waals surface area contributed by atoms with E-state index < -0.39 is 6.10 Å². The van der Waals surface area contributed by atoms with Crippen LogP contribution in [0.3, 0.4) is 0 Å². The Morgan fingerprint density at radius 3 is 2.45 bits per heavy atom. The van der Waals surface area contributed by atoms with Crippen LogP contribution in [0.5, 0.6) is 5.75 Å². The number of hydrogen-bond acceptors (Lipinski definition) is 4. The van der Waals surface area contributed by atoms with E-state index >= 15 is 0 Å². The van der Waals surface area contributed by atoms with Gasteiger partial charge in [0.25, 0.3) is 0 Å². The lowest BCUT2D eigenvalue weighted by molar-refractivity contribution is 0.196. The van der Waals surface area contributed by atoms with E-state index in [-0.39, 0.29) is 0 Å². The van der Waals surface area contributed by atoms with Crippen LogP contribution in [0.2, 0.25) is 0 Å².